The Morgan fingerprint density at radius 2 is 2.46 bits per heavy atom. The molecule has 64 valence electrons. The predicted octanol–water partition coefficient (Wildman–Crippen LogP) is 1.29. The molecule has 0 aromatic carbocycles. The maximum atomic E-state index is 8.79. The first-order valence-corrected chi connectivity index (χ1v) is 3.88. The van der Waals surface area contributed by atoms with E-state index >= 15 is 0 Å². The molecule has 0 aliphatic rings. The topological polar surface area (TPSA) is 57.4 Å². The molecule has 0 aliphatic heterocycles. The molecule has 0 bridgehead atoms. The standard InChI is InChI=1S/C9H8N4/c1-13-6-12-8(5-10)9(13)7-3-2-4-11-7/h2-4,6,11H,1H3. The molecule has 0 saturated carbocycles. The van der Waals surface area contributed by atoms with Crippen LogP contribution in [0.5, 0.6) is 0 Å². The van der Waals surface area contributed by atoms with Gasteiger partial charge in [0.2, 0.25) is 0 Å². The summed E-state index contributed by atoms with van der Waals surface area (Å²) in [5, 5.41) is 8.79. The van der Waals surface area contributed by atoms with E-state index in [9.17, 15) is 0 Å². The average Bonchev–Trinajstić information content (AvgIpc) is 2.72. The smallest absolute Gasteiger partial charge is 0.167 e. The van der Waals surface area contributed by atoms with Crippen molar-refractivity contribution in [1.29, 1.82) is 5.26 Å². The fourth-order valence-corrected chi connectivity index (χ4v) is 1.31. The fourth-order valence-electron chi connectivity index (χ4n) is 1.31. The van der Waals surface area contributed by atoms with E-state index in [0.29, 0.717) is 5.69 Å². The Bertz CT molecular complexity index is 444. The normalized spacial score (nSPS) is 9.85. The summed E-state index contributed by atoms with van der Waals surface area (Å²) in [6.07, 6.45) is 3.46. The second kappa shape index (κ2) is 2.79. The van der Waals surface area contributed by atoms with Gasteiger partial charge in [-0.3, -0.25) is 0 Å². The van der Waals surface area contributed by atoms with Gasteiger partial charge in [-0.25, -0.2) is 4.98 Å². The van der Waals surface area contributed by atoms with Crippen LogP contribution in [-0.2, 0) is 7.05 Å². The summed E-state index contributed by atoms with van der Waals surface area (Å²) in [5.74, 6) is 0. The predicted molar refractivity (Wildman–Crippen MR) is 47.7 cm³/mol. The SMILES string of the molecule is Cn1cnc(C#N)c1-c1ccc[nH]1. The van der Waals surface area contributed by atoms with E-state index < -0.39 is 0 Å². The number of nitriles is 1. The van der Waals surface area contributed by atoms with E-state index in [4.69, 9.17) is 5.26 Å². The minimum atomic E-state index is 0.449. The quantitative estimate of drug-likeness (QED) is 0.704. The van der Waals surface area contributed by atoms with E-state index in [0.717, 1.165) is 11.4 Å². The Morgan fingerprint density at radius 3 is 3.08 bits per heavy atom. The highest BCUT2D eigenvalue weighted by molar-refractivity contribution is 5.61. The van der Waals surface area contributed by atoms with E-state index in [1.807, 2.05) is 29.9 Å². The molecule has 0 saturated heterocycles. The number of rotatable bonds is 1. The monoisotopic (exact) mass is 172 g/mol. The molecule has 2 aromatic rings. The number of aromatic nitrogens is 3. The molecule has 2 heterocycles. The van der Waals surface area contributed by atoms with Crippen molar-refractivity contribution in [3.63, 3.8) is 0 Å². The Morgan fingerprint density at radius 1 is 1.62 bits per heavy atom. The van der Waals surface area contributed by atoms with E-state index in [-0.39, 0.29) is 0 Å². The van der Waals surface area contributed by atoms with Crippen LogP contribution < -0.4 is 0 Å². The van der Waals surface area contributed by atoms with E-state index in [1.54, 1.807) is 6.33 Å². The maximum Gasteiger partial charge on any atom is 0.167 e. The first-order chi connectivity index (χ1) is 6.33. The van der Waals surface area contributed by atoms with Crippen LogP contribution in [0.2, 0.25) is 0 Å². The number of H-pyrrole nitrogens is 1. The Kier molecular flexibility index (Phi) is 1.64. The third-order valence-corrected chi connectivity index (χ3v) is 1.90. The van der Waals surface area contributed by atoms with Crippen LogP contribution in [0.1, 0.15) is 5.69 Å². The van der Waals surface area contributed by atoms with Crippen molar-refractivity contribution < 1.29 is 0 Å². The van der Waals surface area contributed by atoms with Gasteiger partial charge in [-0.2, -0.15) is 5.26 Å². The van der Waals surface area contributed by atoms with Gasteiger partial charge < -0.3 is 9.55 Å². The van der Waals surface area contributed by atoms with Gasteiger partial charge in [-0.1, -0.05) is 0 Å². The zero-order valence-electron chi connectivity index (χ0n) is 7.15. The highest BCUT2D eigenvalue weighted by Gasteiger charge is 2.10. The molecule has 4 nitrogen and oxygen atoms in total. The van der Waals surface area contributed by atoms with E-state index in [2.05, 4.69) is 16.0 Å². The first kappa shape index (κ1) is 7.62. The summed E-state index contributed by atoms with van der Waals surface area (Å²) in [6.45, 7) is 0. The lowest BCUT2D eigenvalue weighted by Gasteiger charge is -1.98. The van der Waals surface area contributed by atoms with Crippen molar-refractivity contribution in [2.75, 3.05) is 0 Å². The van der Waals surface area contributed by atoms with Crippen LogP contribution >= 0.6 is 0 Å². The molecule has 1 N–H and O–H groups in total. The number of hydrogen-bond donors (Lipinski definition) is 1. The second-order valence-electron chi connectivity index (χ2n) is 2.75. The molecule has 0 radical (unpaired) electrons. The maximum absolute atomic E-state index is 8.79. The molecule has 0 spiro atoms. The summed E-state index contributed by atoms with van der Waals surface area (Å²) in [5.41, 5.74) is 2.19. The van der Waals surface area contributed by atoms with Gasteiger partial charge in [0.25, 0.3) is 0 Å². The largest absolute Gasteiger partial charge is 0.360 e. The van der Waals surface area contributed by atoms with Crippen molar-refractivity contribution in [1.82, 2.24) is 14.5 Å². The van der Waals surface area contributed by atoms with Gasteiger partial charge in [0.05, 0.1) is 12.0 Å². The van der Waals surface area contributed by atoms with Crippen molar-refractivity contribution in [2.24, 2.45) is 7.05 Å². The number of nitrogens with zero attached hydrogens (tertiary/aromatic N) is 3. The summed E-state index contributed by atoms with van der Waals surface area (Å²) >= 11 is 0. The molecule has 0 aliphatic carbocycles. The zero-order chi connectivity index (χ0) is 9.26. The number of nitrogens with one attached hydrogen (secondary N) is 1. The molecule has 2 rings (SSSR count). The minimum absolute atomic E-state index is 0.449. The lowest BCUT2D eigenvalue weighted by Crippen LogP contribution is -1.91. The summed E-state index contributed by atoms with van der Waals surface area (Å²) in [4.78, 5) is 7.02. The zero-order valence-corrected chi connectivity index (χ0v) is 7.15. The number of hydrogen-bond acceptors (Lipinski definition) is 2. The number of imidazole rings is 1. The molecule has 0 unspecified atom stereocenters. The van der Waals surface area contributed by atoms with Crippen LogP contribution in [0.4, 0.5) is 0 Å². The van der Waals surface area contributed by atoms with Crippen molar-refractivity contribution in [3.8, 4) is 17.5 Å². The molecular weight excluding hydrogens is 164 g/mol. The van der Waals surface area contributed by atoms with Crippen LogP contribution in [0.25, 0.3) is 11.4 Å². The lowest BCUT2D eigenvalue weighted by atomic mass is 10.2. The minimum Gasteiger partial charge on any atom is -0.360 e. The highest BCUT2D eigenvalue weighted by Crippen LogP contribution is 2.19. The molecule has 2 aromatic heterocycles. The van der Waals surface area contributed by atoms with Gasteiger partial charge in [-0.15, -0.1) is 0 Å². The summed E-state index contributed by atoms with van der Waals surface area (Å²) in [7, 11) is 1.87. The van der Waals surface area contributed by atoms with Crippen molar-refractivity contribution in [3.05, 3.63) is 30.4 Å². The average molecular weight is 172 g/mol. The van der Waals surface area contributed by atoms with Gasteiger partial charge in [0, 0.05) is 13.2 Å². The van der Waals surface area contributed by atoms with Gasteiger partial charge in [0.1, 0.15) is 11.8 Å². The number of aryl methyl sites for hydroxylation is 1. The highest BCUT2D eigenvalue weighted by atomic mass is 15.0. The van der Waals surface area contributed by atoms with Gasteiger partial charge in [-0.05, 0) is 12.1 Å². The molecular formula is C9H8N4. The van der Waals surface area contributed by atoms with Gasteiger partial charge in [0.15, 0.2) is 5.69 Å². The Balaban J connectivity index is 2.64. The summed E-state index contributed by atoms with van der Waals surface area (Å²) < 4.78 is 1.82. The van der Waals surface area contributed by atoms with Crippen LogP contribution in [0, 0.1) is 11.3 Å². The van der Waals surface area contributed by atoms with Crippen molar-refractivity contribution >= 4 is 0 Å². The molecule has 0 amide bonds. The Labute approximate surface area is 75.5 Å². The van der Waals surface area contributed by atoms with Crippen molar-refractivity contribution in [2.45, 2.75) is 0 Å². The van der Waals surface area contributed by atoms with Crippen LogP contribution in [0.3, 0.4) is 0 Å². The third-order valence-electron chi connectivity index (χ3n) is 1.90. The third kappa shape index (κ3) is 1.11. The Hall–Kier alpha value is -2.02. The molecule has 13 heavy (non-hydrogen) atoms. The van der Waals surface area contributed by atoms with Crippen LogP contribution in [-0.4, -0.2) is 14.5 Å². The number of aromatic amines is 1. The fraction of sp³-hybridized carbons (Fsp3) is 0.111. The lowest BCUT2D eigenvalue weighted by molar-refractivity contribution is 0.918. The molecule has 0 fully saturated rings. The van der Waals surface area contributed by atoms with E-state index in [1.165, 1.54) is 0 Å². The van der Waals surface area contributed by atoms with Gasteiger partial charge >= 0.3 is 0 Å². The second-order valence-corrected chi connectivity index (χ2v) is 2.75. The summed E-state index contributed by atoms with van der Waals surface area (Å²) in [6, 6.07) is 5.86. The molecule has 4 heteroatoms. The first-order valence-electron chi connectivity index (χ1n) is 3.88. The molecule has 0 atom stereocenters. The van der Waals surface area contributed by atoms with Crippen LogP contribution in [0.15, 0.2) is 24.7 Å².